The van der Waals surface area contributed by atoms with Gasteiger partial charge >= 0.3 is 0 Å². The maximum Gasteiger partial charge on any atom is 0.227 e. The molecular formula is C15H22N2O2. The van der Waals surface area contributed by atoms with Gasteiger partial charge in [-0.05, 0) is 30.9 Å². The van der Waals surface area contributed by atoms with Crippen molar-refractivity contribution in [2.45, 2.75) is 38.3 Å². The van der Waals surface area contributed by atoms with E-state index < -0.39 is 5.60 Å². The second-order valence-corrected chi connectivity index (χ2v) is 5.53. The number of carbonyl (C=O) groups excluding carboxylic acids is 1. The van der Waals surface area contributed by atoms with Crippen molar-refractivity contribution in [3.63, 3.8) is 0 Å². The Hall–Kier alpha value is -1.39. The van der Waals surface area contributed by atoms with Crippen LogP contribution in [-0.4, -0.2) is 34.6 Å². The Bertz CT molecular complexity index is 447. The van der Waals surface area contributed by atoms with E-state index in [9.17, 15) is 9.90 Å². The average molecular weight is 262 g/mol. The SMILES string of the molecule is CC1(O)CCN(C(=O)Cc2ccccc2CN)CC1. The first-order valence-corrected chi connectivity index (χ1v) is 6.79. The first kappa shape index (κ1) is 14.0. The van der Waals surface area contributed by atoms with Crippen LogP contribution in [0.25, 0.3) is 0 Å². The van der Waals surface area contributed by atoms with Crippen LogP contribution in [-0.2, 0) is 17.8 Å². The Kier molecular flexibility index (Phi) is 4.22. The standard InChI is InChI=1S/C15H22N2O2/c1-15(19)6-8-17(9-7-15)14(18)10-12-4-2-3-5-13(12)11-16/h2-5,19H,6-11,16H2,1H3. The maximum atomic E-state index is 12.3. The molecule has 4 nitrogen and oxygen atoms in total. The van der Waals surface area contributed by atoms with Gasteiger partial charge in [-0.1, -0.05) is 24.3 Å². The van der Waals surface area contributed by atoms with Gasteiger partial charge in [-0.25, -0.2) is 0 Å². The Morgan fingerprint density at radius 2 is 1.89 bits per heavy atom. The van der Waals surface area contributed by atoms with Crippen molar-refractivity contribution < 1.29 is 9.90 Å². The lowest BCUT2D eigenvalue weighted by Crippen LogP contribution is -2.45. The zero-order valence-corrected chi connectivity index (χ0v) is 11.4. The number of nitrogens with two attached hydrogens (primary N) is 1. The minimum atomic E-state index is -0.619. The second-order valence-electron chi connectivity index (χ2n) is 5.53. The normalized spacial score (nSPS) is 18.4. The smallest absolute Gasteiger partial charge is 0.227 e. The summed E-state index contributed by atoms with van der Waals surface area (Å²) in [5, 5.41) is 9.89. The summed E-state index contributed by atoms with van der Waals surface area (Å²) in [5.74, 6) is 0.122. The predicted molar refractivity (Wildman–Crippen MR) is 74.5 cm³/mol. The van der Waals surface area contributed by atoms with Crippen LogP contribution in [0.5, 0.6) is 0 Å². The molecule has 0 aromatic heterocycles. The van der Waals surface area contributed by atoms with E-state index in [-0.39, 0.29) is 5.91 Å². The van der Waals surface area contributed by atoms with Crippen LogP contribution in [0.2, 0.25) is 0 Å². The first-order chi connectivity index (χ1) is 9.02. The summed E-state index contributed by atoms with van der Waals surface area (Å²) in [6.07, 6.45) is 1.70. The Labute approximate surface area is 114 Å². The number of likely N-dealkylation sites (tertiary alicyclic amines) is 1. The summed E-state index contributed by atoms with van der Waals surface area (Å²) < 4.78 is 0. The van der Waals surface area contributed by atoms with Crippen LogP contribution in [0.1, 0.15) is 30.9 Å². The number of benzene rings is 1. The highest BCUT2D eigenvalue weighted by Gasteiger charge is 2.29. The van der Waals surface area contributed by atoms with Gasteiger partial charge in [0.1, 0.15) is 0 Å². The zero-order valence-electron chi connectivity index (χ0n) is 11.4. The van der Waals surface area contributed by atoms with Crippen molar-refractivity contribution in [1.82, 2.24) is 4.90 Å². The molecule has 0 atom stereocenters. The molecule has 1 amide bonds. The number of hydrogen-bond donors (Lipinski definition) is 2. The van der Waals surface area contributed by atoms with Crippen molar-refractivity contribution in [3.05, 3.63) is 35.4 Å². The van der Waals surface area contributed by atoms with Gasteiger partial charge in [0.15, 0.2) is 0 Å². The molecule has 4 heteroatoms. The molecule has 1 aliphatic heterocycles. The quantitative estimate of drug-likeness (QED) is 0.856. The molecule has 1 aromatic carbocycles. The van der Waals surface area contributed by atoms with E-state index in [2.05, 4.69) is 0 Å². The molecule has 0 spiro atoms. The molecule has 3 N–H and O–H groups in total. The molecule has 0 bridgehead atoms. The number of aliphatic hydroxyl groups is 1. The number of nitrogens with zero attached hydrogens (tertiary/aromatic N) is 1. The van der Waals surface area contributed by atoms with Crippen LogP contribution >= 0.6 is 0 Å². The average Bonchev–Trinajstić information content (AvgIpc) is 2.39. The number of hydrogen-bond acceptors (Lipinski definition) is 3. The largest absolute Gasteiger partial charge is 0.390 e. The highest BCUT2D eigenvalue weighted by Crippen LogP contribution is 2.22. The molecule has 1 saturated heterocycles. The van der Waals surface area contributed by atoms with E-state index in [1.54, 1.807) is 0 Å². The fourth-order valence-electron chi connectivity index (χ4n) is 2.44. The van der Waals surface area contributed by atoms with Crippen LogP contribution in [0.3, 0.4) is 0 Å². The highest BCUT2D eigenvalue weighted by molar-refractivity contribution is 5.79. The molecule has 0 radical (unpaired) electrons. The van der Waals surface area contributed by atoms with Crippen molar-refractivity contribution in [3.8, 4) is 0 Å². The van der Waals surface area contributed by atoms with Crippen LogP contribution < -0.4 is 5.73 Å². The minimum Gasteiger partial charge on any atom is -0.390 e. The summed E-state index contributed by atoms with van der Waals surface area (Å²) in [4.78, 5) is 14.1. The molecule has 0 aliphatic carbocycles. The van der Waals surface area contributed by atoms with Crippen LogP contribution in [0.4, 0.5) is 0 Å². The van der Waals surface area contributed by atoms with Crippen molar-refractivity contribution in [1.29, 1.82) is 0 Å². The van der Waals surface area contributed by atoms with Crippen molar-refractivity contribution >= 4 is 5.91 Å². The minimum absolute atomic E-state index is 0.122. The summed E-state index contributed by atoms with van der Waals surface area (Å²) in [6, 6.07) is 7.79. The number of carbonyl (C=O) groups is 1. The molecule has 2 rings (SSSR count). The summed E-state index contributed by atoms with van der Waals surface area (Å²) in [6.45, 7) is 3.56. The molecule has 104 valence electrons. The molecular weight excluding hydrogens is 240 g/mol. The van der Waals surface area contributed by atoms with E-state index >= 15 is 0 Å². The van der Waals surface area contributed by atoms with Crippen molar-refractivity contribution in [2.75, 3.05) is 13.1 Å². The molecule has 1 heterocycles. The van der Waals surface area contributed by atoms with Crippen LogP contribution in [0, 0.1) is 0 Å². The topological polar surface area (TPSA) is 66.6 Å². The van der Waals surface area contributed by atoms with E-state index in [0.717, 1.165) is 11.1 Å². The number of amides is 1. The molecule has 1 fully saturated rings. The monoisotopic (exact) mass is 262 g/mol. The zero-order chi connectivity index (χ0) is 13.9. The van der Waals surface area contributed by atoms with E-state index in [4.69, 9.17) is 5.73 Å². The Morgan fingerprint density at radius 3 is 2.47 bits per heavy atom. The van der Waals surface area contributed by atoms with Crippen LogP contribution in [0.15, 0.2) is 24.3 Å². The van der Waals surface area contributed by atoms with Gasteiger partial charge in [-0.3, -0.25) is 4.79 Å². The molecule has 1 aromatic rings. The number of rotatable bonds is 3. The second kappa shape index (κ2) is 5.72. The molecule has 19 heavy (non-hydrogen) atoms. The van der Waals surface area contributed by atoms with Gasteiger partial charge in [0.05, 0.1) is 12.0 Å². The predicted octanol–water partition coefficient (Wildman–Crippen LogP) is 1.06. The lowest BCUT2D eigenvalue weighted by molar-refractivity contribution is -0.134. The lowest BCUT2D eigenvalue weighted by Gasteiger charge is -2.36. The summed E-state index contributed by atoms with van der Waals surface area (Å²) in [7, 11) is 0. The van der Waals surface area contributed by atoms with Gasteiger partial charge in [0, 0.05) is 19.6 Å². The third-order valence-corrected chi connectivity index (χ3v) is 3.87. The molecule has 0 saturated carbocycles. The van der Waals surface area contributed by atoms with Gasteiger partial charge in [0.25, 0.3) is 0 Å². The lowest BCUT2D eigenvalue weighted by atomic mass is 9.93. The highest BCUT2D eigenvalue weighted by atomic mass is 16.3. The van der Waals surface area contributed by atoms with Crippen molar-refractivity contribution in [2.24, 2.45) is 5.73 Å². The maximum absolute atomic E-state index is 12.3. The van der Waals surface area contributed by atoms with Gasteiger partial charge < -0.3 is 15.7 Å². The fourth-order valence-corrected chi connectivity index (χ4v) is 2.44. The van der Waals surface area contributed by atoms with Gasteiger partial charge in [-0.2, -0.15) is 0 Å². The molecule has 0 unspecified atom stereocenters. The third kappa shape index (κ3) is 3.55. The van der Waals surface area contributed by atoms with Gasteiger partial charge in [-0.15, -0.1) is 0 Å². The summed E-state index contributed by atoms with van der Waals surface area (Å²) in [5.41, 5.74) is 7.10. The van der Waals surface area contributed by atoms with E-state index in [1.165, 1.54) is 0 Å². The first-order valence-electron chi connectivity index (χ1n) is 6.79. The Morgan fingerprint density at radius 1 is 1.32 bits per heavy atom. The van der Waals surface area contributed by atoms with Gasteiger partial charge in [0.2, 0.25) is 5.91 Å². The third-order valence-electron chi connectivity index (χ3n) is 3.87. The number of piperidine rings is 1. The Balaban J connectivity index is 1.98. The fraction of sp³-hybridized carbons (Fsp3) is 0.533. The van der Waals surface area contributed by atoms with E-state index in [0.29, 0.717) is 38.9 Å². The van der Waals surface area contributed by atoms with E-state index in [1.807, 2.05) is 36.1 Å². The summed E-state index contributed by atoms with van der Waals surface area (Å²) >= 11 is 0. The molecule has 1 aliphatic rings.